The smallest absolute Gasteiger partial charge is 0.251 e. The lowest BCUT2D eigenvalue weighted by molar-refractivity contribution is 0.0917. The quantitative estimate of drug-likeness (QED) is 0.345. The molecule has 0 saturated carbocycles. The number of piperidine rings is 1. The molecular weight excluding hydrogens is 548 g/mol. The molecule has 2 atom stereocenters. The number of ether oxygens (including phenoxy) is 1. The molecule has 2 aliphatic rings. The highest BCUT2D eigenvalue weighted by Gasteiger charge is 2.26. The summed E-state index contributed by atoms with van der Waals surface area (Å²) in [6.45, 7) is 2.78. The second-order valence-electron chi connectivity index (χ2n) is 9.91. The van der Waals surface area contributed by atoms with E-state index in [9.17, 15) is 4.79 Å². The van der Waals surface area contributed by atoms with E-state index in [1.54, 1.807) is 13.2 Å². The van der Waals surface area contributed by atoms with Gasteiger partial charge in [0.25, 0.3) is 5.91 Å². The van der Waals surface area contributed by atoms with E-state index >= 15 is 4.39 Å². The number of carbonyl (C=O) groups excluding carboxylic acids is 1. The number of methoxy groups -OCH3 is 1. The number of halogens is 3. The number of fused-ring (bicyclic) bond motifs is 3. The van der Waals surface area contributed by atoms with Gasteiger partial charge in [0.1, 0.15) is 5.82 Å². The Labute approximate surface area is 237 Å². The van der Waals surface area contributed by atoms with Crippen LogP contribution in [0.1, 0.15) is 41.2 Å². The number of imidazole rings is 1. The van der Waals surface area contributed by atoms with E-state index < -0.39 is 0 Å². The average molecular weight is 581 g/mol. The summed E-state index contributed by atoms with van der Waals surface area (Å²) in [4.78, 5) is 20.6. The molecule has 0 spiro atoms. The summed E-state index contributed by atoms with van der Waals surface area (Å²) in [5.74, 6) is -0.313. The number of rotatable bonds is 5. The van der Waals surface area contributed by atoms with Crippen molar-refractivity contribution in [2.45, 2.75) is 37.5 Å². The molecular formula is C27H32Cl2FN5O2S. The Morgan fingerprint density at radius 2 is 1.97 bits per heavy atom. The van der Waals surface area contributed by atoms with Gasteiger partial charge in [-0.25, -0.2) is 9.37 Å². The Morgan fingerprint density at radius 1 is 1.18 bits per heavy atom. The van der Waals surface area contributed by atoms with Crippen LogP contribution in [-0.2, 0) is 4.74 Å². The Balaban J connectivity index is 0.00000168. The van der Waals surface area contributed by atoms with Crippen molar-refractivity contribution in [2.75, 3.05) is 33.8 Å². The number of hydrogen-bond acceptors (Lipinski definition) is 6. The normalized spacial score (nSPS) is 20.4. The molecule has 4 heterocycles. The summed E-state index contributed by atoms with van der Waals surface area (Å²) < 4.78 is 23.5. The van der Waals surface area contributed by atoms with Crippen molar-refractivity contribution in [1.82, 2.24) is 24.9 Å². The van der Waals surface area contributed by atoms with Crippen LogP contribution in [0.4, 0.5) is 4.39 Å². The first kappa shape index (κ1) is 28.7. The maximum atomic E-state index is 15.1. The van der Waals surface area contributed by atoms with Gasteiger partial charge >= 0.3 is 0 Å². The van der Waals surface area contributed by atoms with Crippen LogP contribution in [0.15, 0.2) is 42.6 Å². The van der Waals surface area contributed by atoms with Crippen LogP contribution in [0.3, 0.4) is 0 Å². The number of carbonyl (C=O) groups is 1. The van der Waals surface area contributed by atoms with Crippen LogP contribution >= 0.6 is 36.2 Å². The molecule has 1 amide bonds. The van der Waals surface area contributed by atoms with E-state index in [4.69, 9.17) is 9.72 Å². The molecule has 0 aliphatic carbocycles. The number of thiazole rings is 1. The first-order chi connectivity index (χ1) is 17.5. The van der Waals surface area contributed by atoms with Gasteiger partial charge in [-0.15, -0.1) is 24.8 Å². The average Bonchev–Trinajstić information content (AvgIpc) is 3.59. The fraction of sp³-hybridized carbons (Fsp3) is 0.407. The standard InChI is InChI=1S/C27H30FN5O2S.2ClH/c1-32-9-7-18(8-10-32)30-26(34)17-4-6-24-25(12-17)36-27-31-23(15-33(24)27)20-5-3-16(11-21(20)28)22-13-19(35-2)14-29-22;;/h3-6,11-12,15,18-19,22,29H,7-10,13-14H2,1-2H3,(H,30,34);2*1H/t19-,22-;;/m1../s1. The van der Waals surface area contributed by atoms with Gasteiger partial charge in [-0.05, 0) is 75.3 Å². The van der Waals surface area contributed by atoms with Crippen molar-refractivity contribution in [3.8, 4) is 11.3 Å². The molecule has 2 N–H and O–H groups in total. The van der Waals surface area contributed by atoms with Crippen LogP contribution in [0, 0.1) is 5.82 Å². The zero-order valence-corrected chi connectivity index (χ0v) is 23.7. The fourth-order valence-corrected chi connectivity index (χ4v) is 6.33. The van der Waals surface area contributed by atoms with E-state index in [-0.39, 0.29) is 54.7 Å². The predicted molar refractivity (Wildman–Crippen MR) is 155 cm³/mol. The number of hydrogen-bond donors (Lipinski definition) is 2. The highest BCUT2D eigenvalue weighted by atomic mass is 35.5. The highest BCUT2D eigenvalue weighted by Crippen LogP contribution is 2.33. The maximum absolute atomic E-state index is 15.1. The first-order valence-corrected chi connectivity index (χ1v) is 13.3. The molecule has 11 heteroatoms. The van der Waals surface area contributed by atoms with Gasteiger partial charge in [-0.1, -0.05) is 17.4 Å². The minimum Gasteiger partial charge on any atom is -0.380 e. The SMILES string of the molecule is CO[C@H]1CN[C@@H](c2ccc(-c3cn4c(n3)sc3cc(C(=O)NC5CCN(C)CC5)ccc34)c(F)c2)C1.Cl.Cl. The maximum Gasteiger partial charge on any atom is 0.251 e. The minimum absolute atomic E-state index is 0. The van der Waals surface area contributed by atoms with E-state index in [1.807, 2.05) is 40.9 Å². The largest absolute Gasteiger partial charge is 0.380 e. The molecule has 38 heavy (non-hydrogen) atoms. The summed E-state index contributed by atoms with van der Waals surface area (Å²) in [7, 11) is 3.82. The summed E-state index contributed by atoms with van der Waals surface area (Å²) >= 11 is 1.51. The molecule has 2 aliphatic heterocycles. The molecule has 2 aromatic heterocycles. The van der Waals surface area contributed by atoms with Crippen molar-refractivity contribution >= 4 is 57.2 Å². The molecule has 0 unspecified atom stereocenters. The van der Waals surface area contributed by atoms with Crippen LogP contribution in [-0.4, -0.2) is 66.1 Å². The monoisotopic (exact) mass is 579 g/mol. The fourth-order valence-electron chi connectivity index (χ4n) is 5.29. The predicted octanol–water partition coefficient (Wildman–Crippen LogP) is 5.07. The summed E-state index contributed by atoms with van der Waals surface area (Å²) in [6.07, 6.45) is 4.82. The molecule has 2 saturated heterocycles. The van der Waals surface area contributed by atoms with Crippen LogP contribution in [0.2, 0.25) is 0 Å². The second-order valence-corrected chi connectivity index (χ2v) is 10.9. The topological polar surface area (TPSA) is 70.9 Å². The lowest BCUT2D eigenvalue weighted by atomic mass is 10.0. The van der Waals surface area contributed by atoms with Gasteiger partial charge in [0.2, 0.25) is 0 Å². The van der Waals surface area contributed by atoms with Crippen molar-refractivity contribution in [2.24, 2.45) is 0 Å². The number of likely N-dealkylation sites (tertiary alicyclic amines) is 1. The van der Waals surface area contributed by atoms with Crippen LogP contribution in [0.5, 0.6) is 0 Å². The molecule has 0 bridgehead atoms. The van der Waals surface area contributed by atoms with E-state index in [0.717, 1.165) is 59.6 Å². The third-order valence-electron chi connectivity index (χ3n) is 7.51. The van der Waals surface area contributed by atoms with Gasteiger partial charge in [-0.3, -0.25) is 9.20 Å². The number of amides is 1. The Kier molecular flexibility index (Phi) is 8.96. The van der Waals surface area contributed by atoms with Gasteiger partial charge in [0.15, 0.2) is 4.96 Å². The number of nitrogens with zero attached hydrogens (tertiary/aromatic N) is 3. The number of benzene rings is 2. The van der Waals surface area contributed by atoms with E-state index in [1.165, 1.54) is 11.3 Å². The second kappa shape index (κ2) is 11.9. The third-order valence-corrected chi connectivity index (χ3v) is 8.52. The molecule has 2 fully saturated rings. The number of nitrogens with one attached hydrogen (secondary N) is 2. The van der Waals surface area contributed by atoms with Gasteiger partial charge < -0.3 is 20.3 Å². The summed E-state index contributed by atoms with van der Waals surface area (Å²) in [6, 6.07) is 11.4. The zero-order chi connectivity index (χ0) is 24.8. The van der Waals surface area contributed by atoms with Crippen LogP contribution in [0.25, 0.3) is 26.4 Å². The molecule has 204 valence electrons. The molecule has 6 rings (SSSR count). The third kappa shape index (κ3) is 5.54. The Hall–Kier alpha value is -2.27. The Morgan fingerprint density at radius 3 is 2.68 bits per heavy atom. The van der Waals surface area contributed by atoms with Crippen molar-refractivity contribution in [1.29, 1.82) is 0 Å². The zero-order valence-electron chi connectivity index (χ0n) is 21.3. The summed E-state index contributed by atoms with van der Waals surface area (Å²) in [5, 5.41) is 6.57. The van der Waals surface area contributed by atoms with Crippen molar-refractivity contribution in [3.05, 3.63) is 59.5 Å². The lowest BCUT2D eigenvalue weighted by Crippen LogP contribution is -2.43. The lowest BCUT2D eigenvalue weighted by Gasteiger charge is -2.29. The highest BCUT2D eigenvalue weighted by molar-refractivity contribution is 7.23. The van der Waals surface area contributed by atoms with Crippen molar-refractivity contribution in [3.63, 3.8) is 0 Å². The van der Waals surface area contributed by atoms with Crippen molar-refractivity contribution < 1.29 is 13.9 Å². The van der Waals surface area contributed by atoms with E-state index in [2.05, 4.69) is 22.6 Å². The Bertz CT molecular complexity index is 1440. The summed E-state index contributed by atoms with van der Waals surface area (Å²) in [5.41, 5.74) is 3.63. The molecule has 7 nitrogen and oxygen atoms in total. The molecule has 0 radical (unpaired) electrons. The van der Waals surface area contributed by atoms with Gasteiger partial charge in [-0.2, -0.15) is 0 Å². The number of aromatic nitrogens is 2. The van der Waals surface area contributed by atoms with Gasteiger partial charge in [0.05, 0.1) is 22.0 Å². The van der Waals surface area contributed by atoms with Crippen LogP contribution < -0.4 is 10.6 Å². The molecule has 2 aromatic carbocycles. The van der Waals surface area contributed by atoms with E-state index in [0.29, 0.717) is 16.8 Å². The first-order valence-electron chi connectivity index (χ1n) is 12.5. The molecule has 4 aromatic rings. The van der Waals surface area contributed by atoms with Gasteiger partial charge in [0, 0.05) is 43.1 Å². The minimum atomic E-state index is -0.280.